The summed E-state index contributed by atoms with van der Waals surface area (Å²) in [7, 11) is 2.14. The van der Waals surface area contributed by atoms with Crippen LogP contribution in [0.3, 0.4) is 0 Å². The van der Waals surface area contributed by atoms with Crippen LogP contribution < -0.4 is 15.1 Å². The van der Waals surface area contributed by atoms with Gasteiger partial charge in [0.05, 0.1) is 0 Å². The third-order valence-corrected chi connectivity index (χ3v) is 4.21. The fraction of sp³-hybridized carbons (Fsp3) is 0.357. The van der Waals surface area contributed by atoms with Crippen LogP contribution in [0.15, 0.2) is 28.4 Å². The molecule has 0 atom stereocenters. The molecule has 5 heteroatoms. The molecule has 2 N–H and O–H groups in total. The predicted octanol–water partition coefficient (Wildman–Crippen LogP) is 1.72. The van der Waals surface area contributed by atoms with Gasteiger partial charge in [-0.05, 0) is 23.6 Å². The second-order valence-corrected chi connectivity index (χ2v) is 5.75. The lowest BCUT2D eigenvalue weighted by atomic mass is 10.1. The highest BCUT2D eigenvalue weighted by atomic mass is 32.1. The maximum absolute atomic E-state index is 11.0. The second kappa shape index (κ2) is 5.19. The number of anilines is 1. The lowest BCUT2D eigenvalue weighted by Crippen LogP contribution is -2.14. The SMILES string of the molecule is CN1CCc2cc(CNCc3csc(=O)[nH]3)ccc21. The van der Waals surface area contributed by atoms with E-state index in [1.165, 1.54) is 28.2 Å². The Kier molecular flexibility index (Phi) is 3.40. The fourth-order valence-corrected chi connectivity index (χ4v) is 3.05. The van der Waals surface area contributed by atoms with Crippen molar-refractivity contribution in [2.24, 2.45) is 0 Å². The van der Waals surface area contributed by atoms with Gasteiger partial charge < -0.3 is 15.2 Å². The van der Waals surface area contributed by atoms with Crippen molar-refractivity contribution >= 4 is 17.0 Å². The van der Waals surface area contributed by atoms with Crippen molar-refractivity contribution < 1.29 is 0 Å². The van der Waals surface area contributed by atoms with Crippen molar-refractivity contribution in [1.29, 1.82) is 0 Å². The predicted molar refractivity (Wildman–Crippen MR) is 78.9 cm³/mol. The third kappa shape index (κ3) is 2.72. The molecule has 0 bridgehead atoms. The molecule has 4 nitrogen and oxygen atoms in total. The standard InChI is InChI=1S/C14H17N3OS/c1-17-5-4-11-6-10(2-3-13(11)17)7-15-8-12-9-19-14(18)16-12/h2-3,6,9,15H,4-5,7-8H2,1H3,(H,16,18). The van der Waals surface area contributed by atoms with Crippen LogP contribution in [0.2, 0.25) is 0 Å². The zero-order chi connectivity index (χ0) is 13.2. The largest absolute Gasteiger partial charge is 0.374 e. The van der Waals surface area contributed by atoms with Gasteiger partial charge in [-0.25, -0.2) is 0 Å². The van der Waals surface area contributed by atoms with Gasteiger partial charge in [0.15, 0.2) is 0 Å². The first-order valence-electron chi connectivity index (χ1n) is 6.43. The van der Waals surface area contributed by atoms with E-state index >= 15 is 0 Å². The van der Waals surface area contributed by atoms with Crippen LogP contribution in [0.25, 0.3) is 0 Å². The Balaban J connectivity index is 1.60. The molecule has 2 heterocycles. The molecular weight excluding hydrogens is 258 g/mol. The first-order valence-corrected chi connectivity index (χ1v) is 7.31. The number of aromatic nitrogens is 1. The van der Waals surface area contributed by atoms with Crippen LogP contribution in [0.1, 0.15) is 16.8 Å². The van der Waals surface area contributed by atoms with Crippen molar-refractivity contribution in [2.75, 3.05) is 18.5 Å². The van der Waals surface area contributed by atoms with Gasteiger partial charge in [-0.2, -0.15) is 0 Å². The smallest absolute Gasteiger partial charge is 0.304 e. The molecule has 100 valence electrons. The minimum absolute atomic E-state index is 0.0115. The second-order valence-electron chi connectivity index (χ2n) is 4.91. The minimum Gasteiger partial charge on any atom is -0.374 e. The highest BCUT2D eigenvalue weighted by Crippen LogP contribution is 2.27. The summed E-state index contributed by atoms with van der Waals surface area (Å²) < 4.78 is 0. The number of hydrogen-bond donors (Lipinski definition) is 2. The number of H-pyrrole nitrogens is 1. The van der Waals surface area contributed by atoms with Crippen LogP contribution in [-0.2, 0) is 19.5 Å². The summed E-state index contributed by atoms with van der Waals surface area (Å²) in [5.41, 5.74) is 5.04. The van der Waals surface area contributed by atoms with Crippen molar-refractivity contribution in [2.45, 2.75) is 19.5 Å². The molecule has 2 aromatic rings. The molecule has 1 aliphatic heterocycles. The normalized spacial score (nSPS) is 13.8. The Labute approximate surface area is 116 Å². The number of benzene rings is 1. The van der Waals surface area contributed by atoms with Crippen molar-refractivity contribution in [1.82, 2.24) is 10.3 Å². The van der Waals surface area contributed by atoms with E-state index < -0.39 is 0 Å². The van der Waals surface area contributed by atoms with E-state index in [1.54, 1.807) is 0 Å². The summed E-state index contributed by atoms with van der Waals surface area (Å²) >= 11 is 1.21. The summed E-state index contributed by atoms with van der Waals surface area (Å²) in [6, 6.07) is 6.65. The highest BCUT2D eigenvalue weighted by molar-refractivity contribution is 7.07. The van der Waals surface area contributed by atoms with Crippen molar-refractivity contribution in [3.63, 3.8) is 0 Å². The maximum Gasteiger partial charge on any atom is 0.304 e. The monoisotopic (exact) mass is 275 g/mol. The van der Waals surface area contributed by atoms with Crippen molar-refractivity contribution in [3.05, 3.63) is 50.1 Å². The number of thiazole rings is 1. The average Bonchev–Trinajstić information content (AvgIpc) is 2.97. The van der Waals surface area contributed by atoms with E-state index in [0.717, 1.165) is 25.2 Å². The van der Waals surface area contributed by atoms with Gasteiger partial charge in [-0.15, -0.1) is 0 Å². The van der Waals surface area contributed by atoms with Crippen LogP contribution in [0.4, 0.5) is 5.69 Å². The molecule has 0 saturated heterocycles. The molecule has 1 aliphatic rings. The molecule has 1 aromatic carbocycles. The molecule has 0 unspecified atom stereocenters. The van der Waals surface area contributed by atoms with Gasteiger partial charge in [0, 0.05) is 43.4 Å². The van der Waals surface area contributed by atoms with Gasteiger partial charge >= 0.3 is 4.87 Å². The molecule has 0 fully saturated rings. The first kappa shape index (κ1) is 12.4. The number of fused-ring (bicyclic) bond motifs is 1. The van der Waals surface area contributed by atoms with Crippen LogP contribution >= 0.6 is 11.3 Å². The lowest BCUT2D eigenvalue weighted by Gasteiger charge is -2.12. The quantitative estimate of drug-likeness (QED) is 0.893. The molecule has 0 aliphatic carbocycles. The number of likely N-dealkylation sites (N-methyl/N-ethyl adjacent to an activating group) is 1. The maximum atomic E-state index is 11.0. The summed E-state index contributed by atoms with van der Waals surface area (Å²) in [6.45, 7) is 2.65. The zero-order valence-electron chi connectivity index (χ0n) is 10.9. The van der Waals surface area contributed by atoms with E-state index in [0.29, 0.717) is 6.54 Å². The summed E-state index contributed by atoms with van der Waals surface area (Å²) in [5, 5.41) is 5.22. The first-order chi connectivity index (χ1) is 9.22. The molecule has 3 rings (SSSR count). The van der Waals surface area contributed by atoms with Crippen LogP contribution in [0, 0.1) is 0 Å². The summed E-state index contributed by atoms with van der Waals surface area (Å²) in [5.74, 6) is 0. The number of rotatable bonds is 4. The van der Waals surface area contributed by atoms with Gasteiger partial charge in [-0.1, -0.05) is 23.5 Å². The zero-order valence-corrected chi connectivity index (χ0v) is 11.7. The van der Waals surface area contributed by atoms with Gasteiger partial charge in [0.2, 0.25) is 0 Å². The number of hydrogen-bond acceptors (Lipinski definition) is 4. The van der Waals surface area contributed by atoms with E-state index in [4.69, 9.17) is 0 Å². The van der Waals surface area contributed by atoms with E-state index in [2.05, 4.69) is 40.4 Å². The van der Waals surface area contributed by atoms with E-state index in [-0.39, 0.29) is 4.87 Å². The molecule has 19 heavy (non-hydrogen) atoms. The van der Waals surface area contributed by atoms with E-state index in [9.17, 15) is 4.79 Å². The molecule has 0 spiro atoms. The Morgan fingerprint density at radius 1 is 1.42 bits per heavy atom. The number of nitrogens with zero attached hydrogens (tertiary/aromatic N) is 1. The summed E-state index contributed by atoms with van der Waals surface area (Å²) in [4.78, 5) is 16.1. The van der Waals surface area contributed by atoms with Gasteiger partial charge in [-0.3, -0.25) is 4.79 Å². The molecule has 0 radical (unpaired) electrons. The van der Waals surface area contributed by atoms with Gasteiger partial charge in [0.1, 0.15) is 0 Å². The molecule has 0 amide bonds. The summed E-state index contributed by atoms with van der Waals surface area (Å²) in [6.07, 6.45) is 1.14. The fourth-order valence-electron chi connectivity index (χ4n) is 2.47. The highest BCUT2D eigenvalue weighted by Gasteiger charge is 2.15. The average molecular weight is 275 g/mol. The third-order valence-electron chi connectivity index (χ3n) is 3.49. The number of nitrogens with one attached hydrogen (secondary N) is 2. The Morgan fingerprint density at radius 3 is 3.11 bits per heavy atom. The Bertz CT molecular complexity index is 632. The van der Waals surface area contributed by atoms with Gasteiger partial charge in [0.25, 0.3) is 0 Å². The minimum atomic E-state index is 0.0115. The molecule has 0 saturated carbocycles. The molecular formula is C14H17N3OS. The van der Waals surface area contributed by atoms with Crippen LogP contribution in [-0.4, -0.2) is 18.6 Å². The lowest BCUT2D eigenvalue weighted by molar-refractivity contribution is 0.681. The number of aromatic amines is 1. The Hall–Kier alpha value is -1.59. The topological polar surface area (TPSA) is 48.1 Å². The van der Waals surface area contributed by atoms with Crippen molar-refractivity contribution in [3.8, 4) is 0 Å². The van der Waals surface area contributed by atoms with Crippen LogP contribution in [0.5, 0.6) is 0 Å². The van der Waals surface area contributed by atoms with E-state index in [1.807, 2.05) is 5.38 Å². The molecule has 1 aromatic heterocycles. The Morgan fingerprint density at radius 2 is 2.32 bits per heavy atom.